The van der Waals surface area contributed by atoms with E-state index < -0.39 is 0 Å². The summed E-state index contributed by atoms with van der Waals surface area (Å²) in [5, 5.41) is 11.8. The van der Waals surface area contributed by atoms with E-state index in [2.05, 4.69) is 24.4 Å². The van der Waals surface area contributed by atoms with Crippen molar-refractivity contribution in [3.63, 3.8) is 0 Å². The van der Waals surface area contributed by atoms with Crippen LogP contribution in [0.3, 0.4) is 0 Å². The summed E-state index contributed by atoms with van der Waals surface area (Å²) in [6.45, 7) is 4.55. The van der Waals surface area contributed by atoms with Crippen LogP contribution in [0.4, 0.5) is 0 Å². The Hall–Kier alpha value is -0.870. The summed E-state index contributed by atoms with van der Waals surface area (Å²) in [7, 11) is 0. The molecule has 0 aromatic carbocycles. The van der Waals surface area contributed by atoms with Gasteiger partial charge in [0.05, 0.1) is 13.2 Å². The summed E-state index contributed by atoms with van der Waals surface area (Å²) in [4.78, 5) is 11.5. The molecule has 0 aliphatic rings. The number of unbranched alkanes of at least 4 members (excludes halogenated alkanes) is 6. The van der Waals surface area contributed by atoms with Gasteiger partial charge >= 0.3 is 5.97 Å². The molecule has 0 fully saturated rings. The maximum absolute atomic E-state index is 11.5. The van der Waals surface area contributed by atoms with Gasteiger partial charge in [-0.2, -0.15) is 0 Å². The van der Waals surface area contributed by atoms with Crippen LogP contribution in [0.15, 0.2) is 12.2 Å². The molecule has 0 rings (SSSR count). The Morgan fingerprint density at radius 1 is 1.00 bits per heavy atom. The van der Waals surface area contributed by atoms with Crippen LogP contribution in [0.5, 0.6) is 0 Å². The van der Waals surface area contributed by atoms with E-state index in [0.29, 0.717) is 19.6 Å². The lowest BCUT2D eigenvalue weighted by Crippen LogP contribution is -2.19. The topological polar surface area (TPSA) is 58.6 Å². The van der Waals surface area contributed by atoms with Crippen LogP contribution in [0.25, 0.3) is 0 Å². The second kappa shape index (κ2) is 18.2. The Morgan fingerprint density at radius 3 is 2.50 bits per heavy atom. The zero-order valence-corrected chi connectivity index (χ0v) is 14.3. The van der Waals surface area contributed by atoms with Crippen molar-refractivity contribution in [2.45, 2.75) is 71.1 Å². The number of carbonyl (C=O) groups excluding carboxylic acids is 1. The number of rotatable bonds is 16. The number of allylic oxidation sites excluding steroid dienone is 1. The van der Waals surface area contributed by atoms with E-state index >= 15 is 0 Å². The molecule has 0 saturated carbocycles. The Bertz CT molecular complexity index is 267. The van der Waals surface area contributed by atoms with Crippen molar-refractivity contribution in [3.05, 3.63) is 12.2 Å². The maximum Gasteiger partial charge on any atom is 0.305 e. The zero-order chi connectivity index (χ0) is 16.3. The lowest BCUT2D eigenvalue weighted by atomic mass is 10.1. The average Bonchev–Trinajstić information content (AvgIpc) is 2.52. The summed E-state index contributed by atoms with van der Waals surface area (Å²) in [5.74, 6) is -0.0634. The Kier molecular flexibility index (Phi) is 17.5. The van der Waals surface area contributed by atoms with Crippen molar-refractivity contribution in [2.75, 3.05) is 26.3 Å². The van der Waals surface area contributed by atoms with Gasteiger partial charge in [-0.25, -0.2) is 0 Å². The third kappa shape index (κ3) is 17.2. The average molecular weight is 313 g/mol. The van der Waals surface area contributed by atoms with Crippen LogP contribution >= 0.6 is 0 Å². The lowest BCUT2D eigenvalue weighted by Gasteiger charge is -2.04. The molecule has 0 saturated heterocycles. The molecule has 0 amide bonds. The second-order valence-electron chi connectivity index (χ2n) is 5.61. The first kappa shape index (κ1) is 21.1. The molecule has 0 atom stereocenters. The van der Waals surface area contributed by atoms with Gasteiger partial charge in [-0.05, 0) is 32.2 Å². The van der Waals surface area contributed by atoms with E-state index in [4.69, 9.17) is 9.84 Å². The third-order valence-electron chi connectivity index (χ3n) is 3.46. The minimum absolute atomic E-state index is 0.0634. The second-order valence-corrected chi connectivity index (χ2v) is 5.61. The summed E-state index contributed by atoms with van der Waals surface area (Å²) >= 11 is 0. The first-order chi connectivity index (χ1) is 10.8. The predicted molar refractivity (Wildman–Crippen MR) is 91.9 cm³/mol. The number of hydrogen-bond acceptors (Lipinski definition) is 4. The van der Waals surface area contributed by atoms with Gasteiger partial charge in [0.1, 0.15) is 0 Å². The molecule has 2 N–H and O–H groups in total. The van der Waals surface area contributed by atoms with Gasteiger partial charge in [0.15, 0.2) is 0 Å². The molecule has 0 heterocycles. The Balaban J connectivity index is 3.21. The molecular weight excluding hydrogens is 278 g/mol. The van der Waals surface area contributed by atoms with Crippen molar-refractivity contribution in [1.29, 1.82) is 0 Å². The number of aliphatic hydroxyl groups is 1. The van der Waals surface area contributed by atoms with Gasteiger partial charge < -0.3 is 15.2 Å². The van der Waals surface area contributed by atoms with Crippen LogP contribution in [0.2, 0.25) is 0 Å². The number of carbonyl (C=O) groups is 1. The van der Waals surface area contributed by atoms with Gasteiger partial charge in [0.25, 0.3) is 0 Å². The molecule has 0 aliphatic carbocycles. The van der Waals surface area contributed by atoms with Crippen LogP contribution in [0.1, 0.15) is 71.1 Å². The standard InChI is InChI=1S/C18H35NO3/c1-2-3-4-5-9-12-17-22-18(21)13-10-7-6-8-11-14-19-15-16-20/h5,9,19-20H,2-4,6-8,10-17H2,1H3. The molecule has 4 nitrogen and oxygen atoms in total. The first-order valence-electron chi connectivity index (χ1n) is 8.93. The largest absolute Gasteiger partial charge is 0.465 e. The van der Waals surface area contributed by atoms with E-state index in [0.717, 1.165) is 45.1 Å². The van der Waals surface area contributed by atoms with Gasteiger partial charge in [0.2, 0.25) is 0 Å². The number of hydrogen-bond donors (Lipinski definition) is 2. The van der Waals surface area contributed by atoms with Crippen LogP contribution in [-0.2, 0) is 9.53 Å². The fraction of sp³-hybridized carbons (Fsp3) is 0.833. The molecule has 22 heavy (non-hydrogen) atoms. The van der Waals surface area contributed by atoms with Crippen LogP contribution < -0.4 is 5.32 Å². The predicted octanol–water partition coefficient (Wildman–Crippen LogP) is 3.59. The summed E-state index contributed by atoms with van der Waals surface area (Å²) in [6.07, 6.45) is 14.7. The third-order valence-corrected chi connectivity index (χ3v) is 3.46. The highest BCUT2D eigenvalue weighted by Crippen LogP contribution is 2.06. The monoisotopic (exact) mass is 313 g/mol. The van der Waals surface area contributed by atoms with Gasteiger partial charge in [-0.1, -0.05) is 51.2 Å². The molecule has 0 spiro atoms. The van der Waals surface area contributed by atoms with Crippen molar-refractivity contribution in [3.8, 4) is 0 Å². The minimum atomic E-state index is -0.0634. The maximum atomic E-state index is 11.5. The number of ether oxygens (including phenoxy) is 1. The Morgan fingerprint density at radius 2 is 1.73 bits per heavy atom. The molecule has 0 aromatic rings. The SMILES string of the molecule is CCCCC=CCCOC(=O)CCCCCCCNCCO. The minimum Gasteiger partial charge on any atom is -0.465 e. The highest BCUT2D eigenvalue weighted by atomic mass is 16.5. The van der Waals surface area contributed by atoms with E-state index in [9.17, 15) is 4.79 Å². The normalized spacial score (nSPS) is 11.2. The molecule has 0 aliphatic heterocycles. The van der Waals surface area contributed by atoms with Crippen molar-refractivity contribution >= 4 is 5.97 Å². The summed E-state index contributed by atoms with van der Waals surface area (Å²) in [5.41, 5.74) is 0. The van der Waals surface area contributed by atoms with Crippen molar-refractivity contribution in [2.24, 2.45) is 0 Å². The molecule has 4 heteroatoms. The smallest absolute Gasteiger partial charge is 0.305 e. The van der Waals surface area contributed by atoms with Crippen LogP contribution in [-0.4, -0.2) is 37.4 Å². The molecule has 0 radical (unpaired) electrons. The molecule has 0 aromatic heterocycles. The summed E-state index contributed by atoms with van der Waals surface area (Å²) < 4.78 is 5.20. The van der Waals surface area contributed by atoms with E-state index in [1.165, 1.54) is 19.3 Å². The Labute approximate surface area is 136 Å². The molecule has 0 unspecified atom stereocenters. The molecular formula is C18H35NO3. The first-order valence-corrected chi connectivity index (χ1v) is 8.93. The van der Waals surface area contributed by atoms with Crippen LogP contribution in [0, 0.1) is 0 Å². The van der Waals surface area contributed by atoms with Gasteiger partial charge in [0, 0.05) is 13.0 Å². The molecule has 0 bridgehead atoms. The number of nitrogens with one attached hydrogen (secondary N) is 1. The zero-order valence-electron chi connectivity index (χ0n) is 14.3. The van der Waals surface area contributed by atoms with Gasteiger partial charge in [-0.15, -0.1) is 0 Å². The van der Waals surface area contributed by atoms with Crippen molar-refractivity contribution in [1.82, 2.24) is 5.32 Å². The highest BCUT2D eigenvalue weighted by Gasteiger charge is 2.01. The van der Waals surface area contributed by atoms with E-state index in [1.54, 1.807) is 0 Å². The van der Waals surface area contributed by atoms with E-state index in [1.807, 2.05) is 0 Å². The lowest BCUT2D eigenvalue weighted by molar-refractivity contribution is -0.143. The number of aliphatic hydroxyl groups excluding tert-OH is 1. The quantitative estimate of drug-likeness (QED) is 0.260. The van der Waals surface area contributed by atoms with E-state index in [-0.39, 0.29) is 12.6 Å². The molecule has 130 valence electrons. The highest BCUT2D eigenvalue weighted by molar-refractivity contribution is 5.69. The van der Waals surface area contributed by atoms with Crippen molar-refractivity contribution < 1.29 is 14.6 Å². The fourth-order valence-corrected chi connectivity index (χ4v) is 2.12. The van der Waals surface area contributed by atoms with Gasteiger partial charge in [-0.3, -0.25) is 4.79 Å². The fourth-order valence-electron chi connectivity index (χ4n) is 2.12. The summed E-state index contributed by atoms with van der Waals surface area (Å²) in [6, 6.07) is 0. The number of esters is 1.